The van der Waals surface area contributed by atoms with Crippen LogP contribution >= 0.6 is 11.3 Å². The molecule has 2 N–H and O–H groups in total. The molecule has 1 unspecified atom stereocenters. The highest BCUT2D eigenvalue weighted by atomic mass is 32.2. The van der Waals surface area contributed by atoms with Gasteiger partial charge in [0.05, 0.1) is 35.4 Å². The van der Waals surface area contributed by atoms with E-state index in [1.165, 1.54) is 11.3 Å². The van der Waals surface area contributed by atoms with Gasteiger partial charge in [-0.1, -0.05) is 26.0 Å². The molecular weight excluding hydrogens is 703 g/mol. The molecule has 7 rings (SSSR count). The lowest BCUT2D eigenvalue weighted by Gasteiger charge is -2.26. The molecule has 278 valence electrons. The molecule has 3 saturated carbocycles. The molecule has 2 aromatic heterocycles. The number of thiazole rings is 1. The summed E-state index contributed by atoms with van der Waals surface area (Å²) in [6.07, 6.45) is 7.61. The zero-order chi connectivity index (χ0) is 36.9. The summed E-state index contributed by atoms with van der Waals surface area (Å²) in [4.78, 5) is 53.5. The van der Waals surface area contributed by atoms with Gasteiger partial charge in [-0.3, -0.25) is 19.1 Å². The van der Waals surface area contributed by atoms with Crippen LogP contribution in [0.15, 0.2) is 35.7 Å². The Morgan fingerprint density at radius 3 is 2.60 bits per heavy atom. The minimum Gasteiger partial charge on any atom is -0.496 e. The van der Waals surface area contributed by atoms with Crippen molar-refractivity contribution in [3.63, 3.8) is 0 Å². The fraction of sp³-hybridized carbons (Fsp3) is 0.553. The van der Waals surface area contributed by atoms with Crippen molar-refractivity contribution in [1.29, 1.82) is 0 Å². The second-order valence-electron chi connectivity index (χ2n) is 15.1. The van der Waals surface area contributed by atoms with Gasteiger partial charge in [-0.05, 0) is 76.3 Å². The van der Waals surface area contributed by atoms with Crippen molar-refractivity contribution in [3.8, 4) is 22.2 Å². The molecular formula is C38H47N5O7S2. The number of allylic oxidation sites excluding steroid dienone is 1. The number of methoxy groups -OCH3 is 1. The Bertz CT molecular complexity index is 2040. The van der Waals surface area contributed by atoms with Gasteiger partial charge in [-0.25, -0.2) is 18.4 Å². The number of pyridine rings is 1. The number of aryl methyl sites for hydroxylation is 1. The number of fused-ring (bicyclic) bond motifs is 3. The monoisotopic (exact) mass is 749 g/mol. The van der Waals surface area contributed by atoms with E-state index < -0.39 is 50.6 Å². The van der Waals surface area contributed by atoms with Crippen LogP contribution in [0.4, 0.5) is 0 Å². The first-order valence-electron chi connectivity index (χ1n) is 18.2. The Morgan fingerprint density at radius 2 is 1.88 bits per heavy atom. The number of hydrogen-bond acceptors (Lipinski definition) is 10. The second kappa shape index (κ2) is 14.1. The van der Waals surface area contributed by atoms with E-state index in [4.69, 9.17) is 19.4 Å². The first kappa shape index (κ1) is 36.3. The van der Waals surface area contributed by atoms with Crippen molar-refractivity contribution < 1.29 is 32.3 Å². The van der Waals surface area contributed by atoms with E-state index in [0.29, 0.717) is 48.5 Å². The number of sulfonamides is 1. The Kier molecular flexibility index (Phi) is 9.83. The smallest absolute Gasteiger partial charge is 0.259 e. The van der Waals surface area contributed by atoms with Crippen LogP contribution in [0.1, 0.15) is 82.4 Å². The second-order valence-corrected chi connectivity index (χ2v) is 17.9. The zero-order valence-corrected chi connectivity index (χ0v) is 31.9. The van der Waals surface area contributed by atoms with Crippen LogP contribution in [-0.2, 0) is 24.4 Å². The third-order valence-electron chi connectivity index (χ3n) is 11.0. The average Bonchev–Trinajstić information content (AvgIpc) is 3.98. The minimum absolute atomic E-state index is 0.147. The molecule has 0 saturated heterocycles. The summed E-state index contributed by atoms with van der Waals surface area (Å²) in [5.74, 6) is -1.63. The van der Waals surface area contributed by atoms with Gasteiger partial charge in [0.15, 0.2) is 0 Å². The number of benzene rings is 1. The van der Waals surface area contributed by atoms with E-state index >= 15 is 0 Å². The maximum Gasteiger partial charge on any atom is 0.259 e. The van der Waals surface area contributed by atoms with Gasteiger partial charge in [0, 0.05) is 41.9 Å². The fourth-order valence-corrected chi connectivity index (χ4v) is 9.85. The first-order chi connectivity index (χ1) is 24.8. The molecule has 0 spiro atoms. The molecule has 0 bridgehead atoms. The molecule has 1 aliphatic heterocycles. The molecule has 52 heavy (non-hydrogen) atoms. The van der Waals surface area contributed by atoms with Crippen molar-refractivity contribution in [2.45, 2.75) is 94.9 Å². The highest BCUT2D eigenvalue weighted by Crippen LogP contribution is 2.47. The van der Waals surface area contributed by atoms with E-state index in [-0.39, 0.29) is 30.6 Å². The summed E-state index contributed by atoms with van der Waals surface area (Å²) < 4.78 is 40.2. The Labute approximate surface area is 308 Å². The number of nitrogens with zero attached hydrogens (tertiary/aromatic N) is 3. The summed E-state index contributed by atoms with van der Waals surface area (Å²) in [5, 5.41) is 5.95. The van der Waals surface area contributed by atoms with Gasteiger partial charge in [-0.15, -0.1) is 11.3 Å². The SMILES string of the molecule is COc1ccc2c(O[C@H]3CC4C(=O)N(C)CCCC/C=C\[C@H]5C[C@@]5(C(=O)NS(=O)(=O)C5CC5)NC(=O)[C@@H]4C3)cc(-c3nc(C(C)C)cs3)nc2c1C. The highest BCUT2D eigenvalue weighted by molar-refractivity contribution is 7.91. The predicted molar refractivity (Wildman–Crippen MR) is 199 cm³/mol. The maximum absolute atomic E-state index is 14.3. The van der Waals surface area contributed by atoms with Crippen LogP contribution in [0.5, 0.6) is 11.5 Å². The van der Waals surface area contributed by atoms with Crippen LogP contribution in [0.25, 0.3) is 21.6 Å². The van der Waals surface area contributed by atoms with E-state index in [2.05, 4.69) is 23.9 Å². The van der Waals surface area contributed by atoms with Crippen LogP contribution in [-0.4, -0.2) is 78.6 Å². The number of carbonyl (C=O) groups is 3. The summed E-state index contributed by atoms with van der Waals surface area (Å²) in [6.45, 7) is 6.69. The summed E-state index contributed by atoms with van der Waals surface area (Å²) in [7, 11) is -0.445. The minimum atomic E-state index is -3.83. The molecule has 0 radical (unpaired) electrons. The standard InChI is InChI=1S/C38H47N5O7S2/c1-21(2)30-20-51-35(40-30)29-18-32(26-13-14-31(49-5)22(3)33(26)39-29)50-24-16-27-28(17-24)36(45)43(4)15-9-7-6-8-10-23-19-38(23,41-34(27)44)37(46)42-52(47,48)25-11-12-25/h8,10,13-14,18,20-21,23-25,27-28H,6-7,9,11-12,15-17,19H2,1-5H3,(H,41,44)(H,42,46)/b10-8-/t23-,24+,27+,28?,38+/m0/s1. The van der Waals surface area contributed by atoms with Gasteiger partial charge in [0.1, 0.15) is 33.8 Å². The van der Waals surface area contributed by atoms with Crippen LogP contribution in [0, 0.1) is 24.7 Å². The third-order valence-corrected chi connectivity index (χ3v) is 13.7. The van der Waals surface area contributed by atoms with Crippen molar-refractivity contribution in [1.82, 2.24) is 24.9 Å². The molecule has 3 aromatic rings. The molecule has 3 fully saturated rings. The van der Waals surface area contributed by atoms with Gasteiger partial charge < -0.3 is 19.7 Å². The molecule has 4 aliphatic rings. The first-order valence-corrected chi connectivity index (χ1v) is 20.6. The number of aromatic nitrogens is 2. The van der Waals surface area contributed by atoms with Crippen molar-refractivity contribution in [3.05, 3.63) is 47.0 Å². The van der Waals surface area contributed by atoms with Gasteiger partial charge in [0.2, 0.25) is 21.8 Å². The quantitative estimate of drug-likeness (QED) is 0.294. The van der Waals surface area contributed by atoms with Crippen molar-refractivity contribution >= 4 is 50.0 Å². The molecule has 3 amide bonds. The van der Waals surface area contributed by atoms with E-state index in [1.54, 1.807) is 19.1 Å². The number of amides is 3. The Hall–Kier alpha value is -4.04. The van der Waals surface area contributed by atoms with Gasteiger partial charge >= 0.3 is 0 Å². The van der Waals surface area contributed by atoms with Crippen LogP contribution in [0.2, 0.25) is 0 Å². The number of hydrogen-bond donors (Lipinski definition) is 2. The lowest BCUT2D eigenvalue weighted by molar-refractivity contribution is -0.140. The molecule has 12 nitrogen and oxygen atoms in total. The number of rotatable bonds is 8. The molecule has 14 heteroatoms. The number of carbonyl (C=O) groups excluding carboxylic acids is 3. The lowest BCUT2D eigenvalue weighted by atomic mass is 9.93. The summed E-state index contributed by atoms with van der Waals surface area (Å²) in [5.41, 5.74) is 1.79. The fourth-order valence-electron chi connectivity index (χ4n) is 7.55. The van der Waals surface area contributed by atoms with E-state index in [9.17, 15) is 22.8 Å². The van der Waals surface area contributed by atoms with E-state index in [0.717, 1.165) is 40.9 Å². The molecule has 5 atom stereocenters. The lowest BCUT2D eigenvalue weighted by Crippen LogP contribution is -2.54. The Morgan fingerprint density at radius 1 is 1.12 bits per heavy atom. The normalized spacial score (nSPS) is 27.4. The zero-order valence-electron chi connectivity index (χ0n) is 30.3. The molecule has 3 heterocycles. The van der Waals surface area contributed by atoms with Crippen molar-refractivity contribution in [2.75, 3.05) is 20.7 Å². The third kappa shape index (κ3) is 7.03. The predicted octanol–water partition coefficient (Wildman–Crippen LogP) is 5.25. The topological polar surface area (TPSA) is 157 Å². The summed E-state index contributed by atoms with van der Waals surface area (Å²) in [6, 6.07) is 5.66. The molecule has 3 aliphatic carbocycles. The number of nitrogens with one attached hydrogen (secondary N) is 2. The summed E-state index contributed by atoms with van der Waals surface area (Å²) >= 11 is 1.51. The van der Waals surface area contributed by atoms with Gasteiger partial charge in [0.25, 0.3) is 5.91 Å². The number of ether oxygens (including phenoxy) is 2. The van der Waals surface area contributed by atoms with Crippen LogP contribution in [0.3, 0.4) is 0 Å². The van der Waals surface area contributed by atoms with E-state index in [1.807, 2.05) is 42.7 Å². The highest BCUT2D eigenvalue weighted by Gasteiger charge is 2.62. The maximum atomic E-state index is 14.3. The Balaban J connectivity index is 1.21. The molecule has 1 aromatic carbocycles. The van der Waals surface area contributed by atoms with Crippen LogP contribution < -0.4 is 19.5 Å². The van der Waals surface area contributed by atoms with Crippen molar-refractivity contribution in [2.24, 2.45) is 17.8 Å². The average molecular weight is 750 g/mol. The largest absolute Gasteiger partial charge is 0.496 e. The van der Waals surface area contributed by atoms with Gasteiger partial charge in [-0.2, -0.15) is 0 Å².